The van der Waals surface area contributed by atoms with Gasteiger partial charge in [-0.3, -0.25) is 4.79 Å². The van der Waals surface area contributed by atoms with Gasteiger partial charge in [-0.1, -0.05) is 24.3 Å². The average Bonchev–Trinajstić information content (AvgIpc) is 2.33. The molecule has 1 aromatic carbocycles. The Morgan fingerprint density at radius 1 is 1.29 bits per heavy atom. The Labute approximate surface area is 119 Å². The second kappa shape index (κ2) is 4.75. The van der Waals surface area contributed by atoms with E-state index in [1.165, 1.54) is 19.9 Å². The minimum absolute atomic E-state index is 0.161. The van der Waals surface area contributed by atoms with E-state index >= 15 is 0 Å². The molecule has 114 valence electrons. The Morgan fingerprint density at radius 3 is 2.38 bits per heavy atom. The number of carbonyl (C=O) groups is 2. The zero-order valence-corrected chi connectivity index (χ0v) is 11.4. The van der Waals surface area contributed by atoms with E-state index in [0.717, 1.165) is 0 Å². The highest BCUT2D eigenvalue weighted by molar-refractivity contribution is 5.89. The molecule has 2 rings (SSSR count). The molecule has 0 aromatic heterocycles. The topological polar surface area (TPSA) is 57.6 Å². The number of aliphatic carboxylic acids is 1. The molecule has 0 saturated heterocycles. The number of nitrogens with zero attached hydrogens (tertiary/aromatic N) is 1. The maximum absolute atomic E-state index is 12.8. The van der Waals surface area contributed by atoms with Gasteiger partial charge in [-0.05, 0) is 31.4 Å². The van der Waals surface area contributed by atoms with Crippen LogP contribution in [-0.2, 0) is 16.0 Å². The van der Waals surface area contributed by atoms with Gasteiger partial charge in [-0.25, -0.2) is 4.79 Å². The van der Waals surface area contributed by atoms with Gasteiger partial charge in [0.1, 0.15) is 0 Å². The zero-order chi connectivity index (χ0) is 16.0. The molecule has 1 atom stereocenters. The maximum atomic E-state index is 12.8. The van der Waals surface area contributed by atoms with Crippen molar-refractivity contribution >= 4 is 11.9 Å². The number of hydrogen-bond acceptors (Lipinski definition) is 2. The molecule has 0 saturated carbocycles. The van der Waals surface area contributed by atoms with Gasteiger partial charge in [0.25, 0.3) is 0 Å². The lowest BCUT2D eigenvalue weighted by Gasteiger charge is -2.46. The van der Waals surface area contributed by atoms with Crippen LogP contribution in [0.2, 0.25) is 0 Å². The van der Waals surface area contributed by atoms with Crippen molar-refractivity contribution in [2.45, 2.75) is 38.0 Å². The SMILES string of the molecule is CC1(C)Cc2ccccc2C(C(=O)O)N1C(=O)C(F)(F)F. The van der Waals surface area contributed by atoms with Crippen LogP contribution in [0, 0.1) is 0 Å². The molecule has 0 bridgehead atoms. The number of halogens is 3. The van der Waals surface area contributed by atoms with Crippen molar-refractivity contribution in [3.63, 3.8) is 0 Å². The second-order valence-corrected chi connectivity index (χ2v) is 5.60. The van der Waals surface area contributed by atoms with Gasteiger partial charge >= 0.3 is 18.1 Å². The van der Waals surface area contributed by atoms with Crippen LogP contribution in [0.1, 0.15) is 31.0 Å². The predicted octanol–water partition coefficient (Wildman–Crippen LogP) is 2.54. The van der Waals surface area contributed by atoms with Crippen LogP contribution in [0.3, 0.4) is 0 Å². The Hall–Kier alpha value is -2.05. The fourth-order valence-electron chi connectivity index (χ4n) is 2.77. The number of amides is 1. The summed E-state index contributed by atoms with van der Waals surface area (Å²) in [7, 11) is 0. The van der Waals surface area contributed by atoms with Crippen LogP contribution in [-0.4, -0.2) is 33.6 Å². The minimum atomic E-state index is -5.11. The fraction of sp³-hybridized carbons (Fsp3) is 0.429. The number of carboxylic acids is 1. The van der Waals surface area contributed by atoms with Gasteiger partial charge in [0.2, 0.25) is 0 Å². The molecule has 0 radical (unpaired) electrons. The van der Waals surface area contributed by atoms with Crippen LogP contribution in [0.5, 0.6) is 0 Å². The van der Waals surface area contributed by atoms with Gasteiger partial charge in [-0.2, -0.15) is 13.2 Å². The molecule has 1 aliphatic rings. The lowest BCUT2D eigenvalue weighted by Crippen LogP contribution is -2.59. The lowest BCUT2D eigenvalue weighted by molar-refractivity contribution is -0.197. The Kier molecular flexibility index (Phi) is 3.47. The summed E-state index contributed by atoms with van der Waals surface area (Å²) in [5, 5.41) is 9.34. The normalized spacial score (nSPS) is 20.8. The van der Waals surface area contributed by atoms with E-state index in [-0.39, 0.29) is 12.0 Å². The highest BCUT2D eigenvalue weighted by Crippen LogP contribution is 2.41. The third kappa shape index (κ3) is 2.59. The van der Waals surface area contributed by atoms with Gasteiger partial charge in [0.15, 0.2) is 6.04 Å². The van der Waals surface area contributed by atoms with E-state index in [4.69, 9.17) is 0 Å². The first-order chi connectivity index (χ1) is 9.55. The van der Waals surface area contributed by atoms with Gasteiger partial charge < -0.3 is 10.0 Å². The van der Waals surface area contributed by atoms with Crippen LogP contribution in [0.4, 0.5) is 13.2 Å². The van der Waals surface area contributed by atoms with Crippen molar-refractivity contribution in [3.8, 4) is 0 Å². The van der Waals surface area contributed by atoms with E-state index in [0.29, 0.717) is 10.5 Å². The van der Waals surface area contributed by atoms with E-state index < -0.39 is 29.6 Å². The summed E-state index contributed by atoms with van der Waals surface area (Å²) in [6.07, 6.45) is -4.95. The summed E-state index contributed by atoms with van der Waals surface area (Å²) < 4.78 is 38.4. The molecule has 7 heteroatoms. The molecule has 1 aromatic rings. The number of fused-ring (bicyclic) bond motifs is 1. The van der Waals surface area contributed by atoms with Crippen LogP contribution in [0.25, 0.3) is 0 Å². The second-order valence-electron chi connectivity index (χ2n) is 5.60. The quantitative estimate of drug-likeness (QED) is 0.867. The molecule has 0 fully saturated rings. The molecular weight excluding hydrogens is 287 g/mol. The van der Waals surface area contributed by atoms with Crippen molar-refractivity contribution in [2.24, 2.45) is 0 Å². The molecule has 1 heterocycles. The standard InChI is InChI=1S/C14H14F3NO3/c1-13(2)7-8-5-3-4-6-9(8)10(11(19)20)18(13)12(21)14(15,16)17/h3-6,10H,7H2,1-2H3,(H,19,20). The summed E-state index contributed by atoms with van der Waals surface area (Å²) in [4.78, 5) is 23.6. The number of benzene rings is 1. The summed E-state index contributed by atoms with van der Waals surface area (Å²) in [6.45, 7) is 2.87. The molecule has 0 spiro atoms. The molecular formula is C14H14F3NO3. The summed E-state index contributed by atoms with van der Waals surface area (Å²) >= 11 is 0. The number of hydrogen-bond donors (Lipinski definition) is 1. The first-order valence-corrected chi connectivity index (χ1v) is 6.27. The van der Waals surface area contributed by atoms with E-state index in [1.807, 2.05) is 0 Å². The number of alkyl halides is 3. The molecule has 1 aliphatic heterocycles. The molecule has 21 heavy (non-hydrogen) atoms. The van der Waals surface area contributed by atoms with Crippen molar-refractivity contribution in [1.29, 1.82) is 0 Å². The molecule has 1 amide bonds. The number of carbonyl (C=O) groups excluding carboxylic acids is 1. The smallest absolute Gasteiger partial charge is 0.471 e. The number of carboxylic acid groups (broad SMARTS) is 1. The Bertz CT molecular complexity index is 595. The monoisotopic (exact) mass is 301 g/mol. The Morgan fingerprint density at radius 2 is 1.86 bits per heavy atom. The van der Waals surface area contributed by atoms with Crippen molar-refractivity contribution < 1.29 is 27.9 Å². The number of rotatable bonds is 1. The first kappa shape index (κ1) is 15.3. The van der Waals surface area contributed by atoms with Gasteiger partial charge in [-0.15, -0.1) is 0 Å². The summed E-state index contributed by atoms with van der Waals surface area (Å²) in [6, 6.07) is 4.71. The average molecular weight is 301 g/mol. The minimum Gasteiger partial charge on any atom is -0.479 e. The maximum Gasteiger partial charge on any atom is 0.471 e. The molecule has 4 nitrogen and oxygen atoms in total. The van der Waals surface area contributed by atoms with Crippen molar-refractivity contribution in [2.75, 3.05) is 0 Å². The summed E-state index contributed by atoms with van der Waals surface area (Å²) in [5.74, 6) is -3.61. The Balaban J connectivity index is 2.62. The van der Waals surface area contributed by atoms with E-state index in [2.05, 4.69) is 0 Å². The highest BCUT2D eigenvalue weighted by atomic mass is 19.4. The van der Waals surface area contributed by atoms with Gasteiger partial charge in [0, 0.05) is 5.54 Å². The van der Waals surface area contributed by atoms with E-state index in [9.17, 15) is 27.9 Å². The van der Waals surface area contributed by atoms with E-state index in [1.54, 1.807) is 18.2 Å². The molecule has 0 aliphatic carbocycles. The van der Waals surface area contributed by atoms with Crippen molar-refractivity contribution in [3.05, 3.63) is 35.4 Å². The third-order valence-electron chi connectivity index (χ3n) is 3.58. The zero-order valence-electron chi connectivity index (χ0n) is 11.4. The third-order valence-corrected chi connectivity index (χ3v) is 3.58. The lowest BCUT2D eigenvalue weighted by atomic mass is 9.81. The fourth-order valence-corrected chi connectivity index (χ4v) is 2.77. The first-order valence-electron chi connectivity index (χ1n) is 6.27. The van der Waals surface area contributed by atoms with Crippen LogP contribution in [0.15, 0.2) is 24.3 Å². The van der Waals surface area contributed by atoms with Crippen LogP contribution < -0.4 is 0 Å². The van der Waals surface area contributed by atoms with Crippen LogP contribution >= 0.6 is 0 Å². The van der Waals surface area contributed by atoms with Gasteiger partial charge in [0.05, 0.1) is 0 Å². The van der Waals surface area contributed by atoms with Crippen molar-refractivity contribution in [1.82, 2.24) is 4.90 Å². The molecule has 1 N–H and O–H groups in total. The predicted molar refractivity (Wildman–Crippen MR) is 67.5 cm³/mol. The largest absolute Gasteiger partial charge is 0.479 e. The molecule has 1 unspecified atom stereocenters. The summed E-state index contributed by atoms with van der Waals surface area (Å²) in [5.41, 5.74) is -0.382. The highest BCUT2D eigenvalue weighted by Gasteiger charge is 2.53.